The number of rotatable bonds is 3. The van der Waals surface area contributed by atoms with Crippen molar-refractivity contribution in [2.45, 2.75) is 9.79 Å². The summed E-state index contributed by atoms with van der Waals surface area (Å²) >= 11 is 1.83. The Bertz CT molecular complexity index is 412. The second-order valence-electron chi connectivity index (χ2n) is 2.51. The van der Waals surface area contributed by atoms with Crippen LogP contribution in [0.4, 0.5) is 14.5 Å². The van der Waals surface area contributed by atoms with Gasteiger partial charge in [-0.25, -0.2) is 4.39 Å². The van der Waals surface area contributed by atoms with Crippen LogP contribution in [0.2, 0.25) is 0 Å². The van der Waals surface area contributed by atoms with Gasteiger partial charge in [0.15, 0.2) is 5.82 Å². The van der Waals surface area contributed by atoms with Crippen LogP contribution in [0, 0.1) is 21.7 Å². The highest BCUT2D eigenvalue weighted by molar-refractivity contribution is 7.99. The quantitative estimate of drug-likeness (QED) is 0.469. The molecule has 0 radical (unpaired) electrons. The molecule has 0 aliphatic carbocycles. The van der Waals surface area contributed by atoms with Gasteiger partial charge in [-0.05, 0) is 18.6 Å². The summed E-state index contributed by atoms with van der Waals surface area (Å²) in [6.45, 7) is 0. The summed E-state index contributed by atoms with van der Waals surface area (Å²) in [7, 11) is 0. The number of thioether (sulfide) groups is 2. The zero-order chi connectivity index (χ0) is 11.6. The normalized spacial score (nSPS) is 10.4. The molecule has 0 heterocycles. The van der Waals surface area contributed by atoms with Crippen LogP contribution in [0.25, 0.3) is 0 Å². The van der Waals surface area contributed by atoms with E-state index in [1.807, 2.05) is 0 Å². The smallest absolute Gasteiger partial charge is 0.258 e. The van der Waals surface area contributed by atoms with E-state index in [9.17, 15) is 18.9 Å². The van der Waals surface area contributed by atoms with Gasteiger partial charge in [0.05, 0.1) is 4.92 Å². The maximum absolute atomic E-state index is 13.6. The molecule has 3 nitrogen and oxygen atoms in total. The number of halogens is 2. The molecule has 1 rings (SSSR count). The number of hydrogen-bond donors (Lipinski definition) is 0. The van der Waals surface area contributed by atoms with Gasteiger partial charge in [-0.15, -0.1) is 23.5 Å². The van der Waals surface area contributed by atoms with E-state index in [-0.39, 0.29) is 9.79 Å². The van der Waals surface area contributed by atoms with Gasteiger partial charge in [-0.2, -0.15) is 4.39 Å². The summed E-state index contributed by atoms with van der Waals surface area (Å²) in [4.78, 5) is 9.44. The first-order valence-corrected chi connectivity index (χ1v) is 6.22. The van der Waals surface area contributed by atoms with Crippen molar-refractivity contribution < 1.29 is 13.7 Å². The van der Waals surface area contributed by atoms with Crippen molar-refractivity contribution in [1.82, 2.24) is 0 Å². The SMILES string of the molecule is CSc1cc(F)c([N+](=O)[O-])c(SC)c1F. The minimum atomic E-state index is -1.00. The average molecular weight is 251 g/mol. The van der Waals surface area contributed by atoms with Gasteiger partial charge < -0.3 is 0 Å². The lowest BCUT2D eigenvalue weighted by atomic mass is 10.3. The monoisotopic (exact) mass is 251 g/mol. The zero-order valence-corrected chi connectivity index (χ0v) is 9.55. The molecule has 0 saturated carbocycles. The van der Waals surface area contributed by atoms with Gasteiger partial charge in [-0.1, -0.05) is 0 Å². The summed E-state index contributed by atoms with van der Waals surface area (Å²) < 4.78 is 26.8. The molecule has 0 unspecified atom stereocenters. The topological polar surface area (TPSA) is 43.1 Å². The molecule has 0 aromatic heterocycles. The molecule has 0 fully saturated rings. The van der Waals surface area contributed by atoms with Gasteiger partial charge >= 0.3 is 5.69 Å². The molecule has 7 heteroatoms. The van der Waals surface area contributed by atoms with E-state index in [1.54, 1.807) is 6.26 Å². The van der Waals surface area contributed by atoms with E-state index < -0.39 is 22.2 Å². The predicted molar refractivity (Wildman–Crippen MR) is 56.6 cm³/mol. The lowest BCUT2D eigenvalue weighted by Crippen LogP contribution is -1.99. The number of hydrogen-bond acceptors (Lipinski definition) is 4. The molecular weight excluding hydrogens is 244 g/mol. The molecule has 0 aliphatic heterocycles. The second kappa shape index (κ2) is 4.80. The standard InChI is InChI=1S/C8H7F2NO2S2/c1-14-5-3-4(9)7(11(12)13)8(15-2)6(5)10/h3H,1-2H3. The molecule has 0 aliphatic rings. The maximum Gasteiger partial charge on any atom is 0.321 e. The number of nitrogens with zero attached hydrogens (tertiary/aromatic N) is 1. The molecule has 0 atom stereocenters. The first-order valence-electron chi connectivity index (χ1n) is 3.77. The molecule has 15 heavy (non-hydrogen) atoms. The Labute approximate surface area is 93.4 Å². The molecule has 0 N–H and O–H groups in total. The Morgan fingerprint density at radius 3 is 2.33 bits per heavy atom. The highest BCUT2D eigenvalue weighted by Crippen LogP contribution is 2.37. The van der Waals surface area contributed by atoms with Crippen LogP contribution in [0.5, 0.6) is 0 Å². The third-order valence-electron chi connectivity index (χ3n) is 1.72. The van der Waals surface area contributed by atoms with Crippen molar-refractivity contribution >= 4 is 29.2 Å². The maximum atomic E-state index is 13.6. The summed E-state index contributed by atoms with van der Waals surface area (Å²) in [5.41, 5.74) is -0.794. The lowest BCUT2D eigenvalue weighted by Gasteiger charge is -2.05. The van der Waals surface area contributed by atoms with E-state index in [4.69, 9.17) is 0 Å². The van der Waals surface area contributed by atoms with Crippen molar-refractivity contribution in [1.29, 1.82) is 0 Å². The van der Waals surface area contributed by atoms with E-state index in [0.717, 1.165) is 29.6 Å². The van der Waals surface area contributed by atoms with Crippen LogP contribution in [0.15, 0.2) is 15.9 Å². The lowest BCUT2D eigenvalue weighted by molar-refractivity contribution is -0.390. The van der Waals surface area contributed by atoms with Crippen LogP contribution in [-0.4, -0.2) is 17.4 Å². The first kappa shape index (κ1) is 12.3. The van der Waals surface area contributed by atoms with Gasteiger partial charge in [-0.3, -0.25) is 10.1 Å². The van der Waals surface area contributed by atoms with E-state index in [2.05, 4.69) is 0 Å². The van der Waals surface area contributed by atoms with Crippen LogP contribution in [-0.2, 0) is 0 Å². The Kier molecular flexibility index (Phi) is 3.92. The zero-order valence-electron chi connectivity index (χ0n) is 7.91. The Balaban J connectivity index is 3.53. The summed E-state index contributed by atoms with van der Waals surface area (Å²) in [6, 6.07) is 0.845. The molecule has 0 amide bonds. The van der Waals surface area contributed by atoms with Gasteiger partial charge in [0.1, 0.15) is 4.90 Å². The summed E-state index contributed by atoms with van der Waals surface area (Å²) in [5, 5.41) is 10.5. The molecule has 1 aromatic carbocycles. The Hall–Kier alpha value is -0.820. The fourth-order valence-electron chi connectivity index (χ4n) is 1.08. The Morgan fingerprint density at radius 2 is 1.93 bits per heavy atom. The number of benzene rings is 1. The van der Waals surface area contributed by atoms with Crippen LogP contribution in [0.1, 0.15) is 0 Å². The van der Waals surface area contributed by atoms with E-state index in [1.165, 1.54) is 6.26 Å². The fraction of sp³-hybridized carbons (Fsp3) is 0.250. The van der Waals surface area contributed by atoms with Crippen LogP contribution < -0.4 is 0 Å². The molecule has 1 aromatic rings. The van der Waals surface area contributed by atoms with Gasteiger partial charge in [0.2, 0.25) is 5.82 Å². The predicted octanol–water partition coefficient (Wildman–Crippen LogP) is 3.32. The minimum Gasteiger partial charge on any atom is -0.258 e. The van der Waals surface area contributed by atoms with Gasteiger partial charge in [0, 0.05) is 4.90 Å². The third-order valence-corrected chi connectivity index (χ3v) is 3.24. The minimum absolute atomic E-state index is 0.0717. The first-order chi connectivity index (χ1) is 7.02. The molecule has 0 bridgehead atoms. The highest BCUT2D eigenvalue weighted by atomic mass is 32.2. The van der Waals surface area contributed by atoms with Crippen molar-refractivity contribution in [3.8, 4) is 0 Å². The molecule has 0 spiro atoms. The second-order valence-corrected chi connectivity index (χ2v) is 4.18. The van der Waals surface area contributed by atoms with E-state index in [0.29, 0.717) is 0 Å². The van der Waals surface area contributed by atoms with Crippen molar-refractivity contribution in [2.24, 2.45) is 0 Å². The van der Waals surface area contributed by atoms with Crippen molar-refractivity contribution in [2.75, 3.05) is 12.5 Å². The highest BCUT2D eigenvalue weighted by Gasteiger charge is 2.26. The van der Waals surface area contributed by atoms with Crippen molar-refractivity contribution in [3.05, 3.63) is 27.8 Å². The van der Waals surface area contributed by atoms with Crippen LogP contribution in [0.3, 0.4) is 0 Å². The van der Waals surface area contributed by atoms with E-state index >= 15 is 0 Å². The molecule has 0 saturated heterocycles. The summed E-state index contributed by atoms with van der Waals surface area (Å²) in [5.74, 6) is -1.74. The average Bonchev–Trinajstić information content (AvgIpc) is 2.19. The molecular formula is C8H7F2NO2S2. The third kappa shape index (κ3) is 2.23. The summed E-state index contributed by atoms with van der Waals surface area (Å²) in [6.07, 6.45) is 3.04. The fourth-order valence-corrected chi connectivity index (χ4v) is 2.30. The van der Waals surface area contributed by atoms with Crippen LogP contribution >= 0.6 is 23.5 Å². The van der Waals surface area contributed by atoms with Gasteiger partial charge in [0.25, 0.3) is 0 Å². The number of nitro groups is 1. The molecule has 82 valence electrons. The Morgan fingerprint density at radius 1 is 1.33 bits per heavy atom. The largest absolute Gasteiger partial charge is 0.321 e. The van der Waals surface area contributed by atoms with Crippen molar-refractivity contribution in [3.63, 3.8) is 0 Å². The number of nitro benzene ring substituents is 1.